The maximum Gasteiger partial charge on any atom is 0.281 e. The van der Waals surface area contributed by atoms with Gasteiger partial charge in [0.2, 0.25) is 0 Å². The van der Waals surface area contributed by atoms with E-state index in [1.807, 2.05) is 44.0 Å². The fraction of sp³-hybridized carbons (Fsp3) is 0.333. The van der Waals surface area contributed by atoms with Crippen LogP contribution in [0.4, 0.5) is 0 Å². The first-order valence-electron chi connectivity index (χ1n) is 13.6. The Morgan fingerprint density at radius 1 is 1.10 bits per heavy atom. The van der Waals surface area contributed by atoms with Crippen LogP contribution in [-0.2, 0) is 26.7 Å². The van der Waals surface area contributed by atoms with Crippen molar-refractivity contribution < 1.29 is 5.11 Å². The van der Waals surface area contributed by atoms with Crippen LogP contribution in [0.2, 0.25) is 5.02 Å². The number of piperidine rings is 1. The molecule has 0 radical (unpaired) electrons. The quantitative estimate of drug-likeness (QED) is 0.278. The number of nitrogens with one attached hydrogen (secondary N) is 1. The van der Waals surface area contributed by atoms with Crippen molar-refractivity contribution in [2.24, 2.45) is 7.05 Å². The van der Waals surface area contributed by atoms with E-state index >= 15 is 0 Å². The third-order valence-corrected chi connectivity index (χ3v) is 9.01. The molecule has 0 saturated carbocycles. The molecule has 41 heavy (non-hydrogen) atoms. The summed E-state index contributed by atoms with van der Waals surface area (Å²) in [6.07, 6.45) is 4.47. The second kappa shape index (κ2) is 11.5. The van der Waals surface area contributed by atoms with Crippen molar-refractivity contribution in [1.29, 1.82) is 0 Å². The van der Waals surface area contributed by atoms with Crippen molar-refractivity contribution in [3.05, 3.63) is 87.0 Å². The van der Waals surface area contributed by atoms with Gasteiger partial charge < -0.3 is 10.4 Å². The highest BCUT2D eigenvalue weighted by molar-refractivity contribution is 7.13. The summed E-state index contributed by atoms with van der Waals surface area (Å²) >= 11 is 8.21. The molecule has 0 aliphatic carbocycles. The summed E-state index contributed by atoms with van der Waals surface area (Å²) < 4.78 is 3.21. The smallest absolute Gasteiger partial charge is 0.281 e. The van der Waals surface area contributed by atoms with E-state index in [2.05, 4.69) is 49.5 Å². The molecule has 0 amide bonds. The molecule has 2 aromatic carbocycles. The third kappa shape index (κ3) is 5.71. The zero-order valence-corrected chi connectivity index (χ0v) is 24.6. The average Bonchev–Trinajstić information content (AvgIpc) is 3.62. The number of nitrogens with zero attached hydrogens (tertiary/aromatic N) is 6. The van der Waals surface area contributed by atoms with Gasteiger partial charge in [-0.3, -0.25) is 23.9 Å². The van der Waals surface area contributed by atoms with E-state index in [1.165, 1.54) is 10.1 Å². The van der Waals surface area contributed by atoms with Crippen molar-refractivity contribution >= 4 is 34.0 Å². The highest BCUT2D eigenvalue weighted by Crippen LogP contribution is 2.31. The number of thiazole rings is 1. The van der Waals surface area contributed by atoms with Crippen LogP contribution in [0.15, 0.2) is 65.3 Å². The Balaban J connectivity index is 1.14. The SMILES string of the molecule is CNCc1ccc(-c2c3ncn(CC4(O)CCN(Cc5ccc(-c6cncs6)cc5Cl)CC4)c(=O)c3nn2C)cc1. The van der Waals surface area contributed by atoms with E-state index in [0.29, 0.717) is 43.5 Å². The molecule has 2 N–H and O–H groups in total. The zero-order chi connectivity index (χ0) is 28.6. The number of fused-ring (bicyclic) bond motifs is 1. The van der Waals surface area contributed by atoms with Gasteiger partial charge in [-0.1, -0.05) is 48.0 Å². The molecule has 3 aromatic heterocycles. The molecule has 1 aliphatic rings. The number of hydrogen-bond acceptors (Lipinski definition) is 8. The van der Waals surface area contributed by atoms with E-state index in [0.717, 1.165) is 38.8 Å². The van der Waals surface area contributed by atoms with Crippen LogP contribution in [0.25, 0.3) is 32.7 Å². The van der Waals surface area contributed by atoms with E-state index in [4.69, 9.17) is 11.6 Å². The highest BCUT2D eigenvalue weighted by Gasteiger charge is 2.33. The lowest BCUT2D eigenvalue weighted by Crippen LogP contribution is -2.47. The molecule has 5 aromatic rings. The van der Waals surface area contributed by atoms with Crippen LogP contribution in [0.5, 0.6) is 0 Å². The van der Waals surface area contributed by atoms with Crippen LogP contribution in [0.1, 0.15) is 24.0 Å². The molecular formula is C30H32ClN7O2S. The number of rotatable bonds is 8. The molecule has 0 unspecified atom stereocenters. The minimum atomic E-state index is -1.00. The molecule has 0 spiro atoms. The highest BCUT2D eigenvalue weighted by atomic mass is 35.5. The van der Waals surface area contributed by atoms with E-state index in [1.54, 1.807) is 22.3 Å². The van der Waals surface area contributed by atoms with Crippen molar-refractivity contribution in [3.8, 4) is 21.7 Å². The maximum atomic E-state index is 13.4. The zero-order valence-electron chi connectivity index (χ0n) is 23.0. The fourth-order valence-corrected chi connectivity index (χ4v) is 6.41. The van der Waals surface area contributed by atoms with Crippen molar-refractivity contribution in [2.45, 2.75) is 38.1 Å². The number of hydrogen-bond donors (Lipinski definition) is 2. The van der Waals surface area contributed by atoms with Crippen molar-refractivity contribution in [3.63, 3.8) is 0 Å². The maximum absolute atomic E-state index is 13.4. The van der Waals surface area contributed by atoms with Crippen molar-refractivity contribution in [1.82, 2.24) is 34.5 Å². The topological polar surface area (TPSA) is 101 Å². The Bertz CT molecular complexity index is 1720. The second-order valence-corrected chi connectivity index (χ2v) is 12.0. The standard InChI is InChI=1S/C30H32ClN7O2S/c1-32-14-20-3-5-21(6-4-20)28-26-27(35-36(28)2)29(39)38(18-34-26)17-30(40)9-11-37(12-10-30)16-23-8-7-22(13-24(23)31)25-15-33-19-41-25/h3-8,13,15,18-19,32,40H,9-12,14,16-17H2,1-2H3. The largest absolute Gasteiger partial charge is 0.388 e. The van der Waals surface area contributed by atoms with Crippen LogP contribution in [0, 0.1) is 0 Å². The Kier molecular flexibility index (Phi) is 7.76. The summed E-state index contributed by atoms with van der Waals surface area (Å²) in [5.41, 5.74) is 6.47. The molecule has 1 fully saturated rings. The lowest BCUT2D eigenvalue weighted by molar-refractivity contribution is -0.0364. The molecule has 0 bridgehead atoms. The van der Waals surface area contributed by atoms with Crippen LogP contribution in [0.3, 0.4) is 0 Å². The first-order valence-corrected chi connectivity index (χ1v) is 14.9. The molecular weight excluding hydrogens is 558 g/mol. The predicted octanol–water partition coefficient (Wildman–Crippen LogP) is 4.32. The third-order valence-electron chi connectivity index (χ3n) is 7.84. The number of benzene rings is 2. The summed E-state index contributed by atoms with van der Waals surface area (Å²) in [6.45, 7) is 3.07. The minimum absolute atomic E-state index is 0.178. The number of aryl methyl sites for hydroxylation is 1. The monoisotopic (exact) mass is 589 g/mol. The van der Waals surface area contributed by atoms with Gasteiger partial charge in [-0.25, -0.2) is 4.98 Å². The van der Waals surface area contributed by atoms with Gasteiger partial charge in [0.05, 0.1) is 34.6 Å². The summed E-state index contributed by atoms with van der Waals surface area (Å²) in [7, 11) is 3.74. The lowest BCUT2D eigenvalue weighted by Gasteiger charge is -2.38. The van der Waals surface area contributed by atoms with E-state index in [9.17, 15) is 9.90 Å². The van der Waals surface area contributed by atoms with E-state index in [-0.39, 0.29) is 12.1 Å². The molecule has 9 nitrogen and oxygen atoms in total. The van der Waals surface area contributed by atoms with Crippen LogP contribution < -0.4 is 10.9 Å². The van der Waals surface area contributed by atoms with Gasteiger partial charge in [0, 0.05) is 50.0 Å². The number of likely N-dealkylation sites (tertiary alicyclic amines) is 1. The predicted molar refractivity (Wildman–Crippen MR) is 163 cm³/mol. The molecule has 1 saturated heterocycles. The normalized spacial score (nSPS) is 15.5. The number of aromatic nitrogens is 5. The Hall–Kier alpha value is -3.41. The molecule has 0 atom stereocenters. The molecule has 1 aliphatic heterocycles. The number of aliphatic hydroxyl groups is 1. The Labute approximate surface area is 247 Å². The van der Waals surface area contributed by atoms with Gasteiger partial charge in [0.25, 0.3) is 5.56 Å². The summed E-state index contributed by atoms with van der Waals surface area (Å²) in [5.74, 6) is 0. The van der Waals surface area contributed by atoms with Gasteiger partial charge in [0.1, 0.15) is 5.52 Å². The average molecular weight is 590 g/mol. The molecule has 11 heteroatoms. The molecule has 6 rings (SSSR count). The first kappa shape index (κ1) is 27.7. The molecule has 4 heterocycles. The van der Waals surface area contributed by atoms with Crippen LogP contribution >= 0.6 is 22.9 Å². The Morgan fingerprint density at radius 2 is 1.85 bits per heavy atom. The number of halogens is 1. The summed E-state index contributed by atoms with van der Waals surface area (Å²) in [4.78, 5) is 25.6. The van der Waals surface area contributed by atoms with Gasteiger partial charge in [-0.05, 0) is 42.6 Å². The molecule has 212 valence electrons. The lowest BCUT2D eigenvalue weighted by atomic mass is 9.91. The van der Waals surface area contributed by atoms with Crippen LogP contribution in [-0.4, -0.2) is 60.1 Å². The van der Waals surface area contributed by atoms with E-state index < -0.39 is 5.60 Å². The van der Waals surface area contributed by atoms with Gasteiger partial charge in [0.15, 0.2) is 5.52 Å². The summed E-state index contributed by atoms with van der Waals surface area (Å²) in [6, 6.07) is 14.3. The van der Waals surface area contributed by atoms with Gasteiger partial charge >= 0.3 is 0 Å². The van der Waals surface area contributed by atoms with Gasteiger partial charge in [-0.15, -0.1) is 11.3 Å². The first-order chi connectivity index (χ1) is 19.8. The van der Waals surface area contributed by atoms with Crippen molar-refractivity contribution in [2.75, 3.05) is 20.1 Å². The fourth-order valence-electron chi connectivity index (χ4n) is 5.55. The summed E-state index contributed by atoms with van der Waals surface area (Å²) in [5, 5.41) is 19.8. The van der Waals surface area contributed by atoms with Gasteiger partial charge in [-0.2, -0.15) is 5.10 Å². The second-order valence-electron chi connectivity index (χ2n) is 10.7. The Morgan fingerprint density at radius 3 is 2.54 bits per heavy atom. The minimum Gasteiger partial charge on any atom is -0.388 e.